The molecule has 0 spiro atoms. The number of aliphatic hydroxyl groups excluding tert-OH is 1. The molecule has 5 atom stereocenters. The van der Waals surface area contributed by atoms with Crippen LogP contribution >= 0.6 is 8.53 Å². The number of H-pyrrole nitrogens is 1. The Labute approximate surface area is 249 Å². The lowest BCUT2D eigenvalue weighted by Gasteiger charge is -2.37. The van der Waals surface area contributed by atoms with Crippen molar-refractivity contribution in [3.05, 3.63) is 16.7 Å². The van der Waals surface area contributed by atoms with Crippen molar-refractivity contribution >= 4 is 37.5 Å². The van der Waals surface area contributed by atoms with E-state index in [1.807, 2.05) is 32.4 Å². The second-order valence-corrected chi connectivity index (χ2v) is 12.2. The highest BCUT2D eigenvalue weighted by atomic mass is 31.2. The van der Waals surface area contributed by atoms with Crippen molar-refractivity contribution in [2.24, 2.45) is 5.92 Å². The largest absolute Gasteiger partial charge is 0.400 e. The zero-order valence-electron chi connectivity index (χ0n) is 27.2. The van der Waals surface area contributed by atoms with Crippen LogP contribution in [0.5, 0.6) is 0 Å². The van der Waals surface area contributed by atoms with Gasteiger partial charge in [0.25, 0.3) is 20.0 Å². The lowest BCUT2D eigenvalue weighted by molar-refractivity contribution is -0.170. The summed E-state index contributed by atoms with van der Waals surface area (Å²) in [6.45, 7) is 11.2. The number of hydrogen-bond donors (Lipinski definition) is 3. The predicted octanol–water partition coefficient (Wildman–Crippen LogP) is 2.11. The molecule has 42 heavy (non-hydrogen) atoms. The minimum atomic E-state index is -1.76. The number of fused-ring (bicyclic) bond motifs is 3. The van der Waals surface area contributed by atoms with E-state index in [-0.39, 0.29) is 54.0 Å². The first kappa shape index (κ1) is 30.5. The molecule has 2 bridgehead atoms. The smallest absolute Gasteiger partial charge is 0.280 e. The summed E-state index contributed by atoms with van der Waals surface area (Å²) >= 11 is 0. The molecule has 2 aromatic heterocycles. The number of morpholine rings is 1. The Bertz CT molecular complexity index is 1410. The van der Waals surface area contributed by atoms with E-state index < -0.39 is 50.9 Å². The molecule has 16 heteroatoms. The number of anilines is 1. The third-order valence-corrected chi connectivity index (χ3v) is 8.97. The van der Waals surface area contributed by atoms with Gasteiger partial charge >= 0.3 is 0 Å². The SMILES string of the molecule is [2H]C[C@@]12O[C@@H](n3cnc4c(=O)[nH]c(NC(=O)C(C)C)nc43)[C@@H]([C@@H]1OP(OCCC#N)N(C(C)C)C(C)C)N(C)C2=O.[3H]OC. The summed E-state index contributed by atoms with van der Waals surface area (Å²) in [5.74, 6) is -1.11. The van der Waals surface area contributed by atoms with Crippen LogP contribution in [-0.4, -0.2) is 98.0 Å². The molecule has 0 aromatic carbocycles. The number of likely N-dealkylation sites (N-methyl/N-ethyl adjacent to an activating group) is 1. The second kappa shape index (κ2) is 13.5. The van der Waals surface area contributed by atoms with Crippen molar-refractivity contribution in [2.75, 3.05) is 26.1 Å². The summed E-state index contributed by atoms with van der Waals surface area (Å²) in [6, 6.07) is 1.39. The van der Waals surface area contributed by atoms with Crippen LogP contribution in [-0.2, 0) is 23.4 Å². The topological polar surface area (TPSA) is 188 Å². The van der Waals surface area contributed by atoms with Crippen LogP contribution in [0.2, 0.25) is 0 Å². The number of hydrogen-bond acceptors (Lipinski definition) is 11. The van der Waals surface area contributed by atoms with Crippen LogP contribution in [0.15, 0.2) is 11.1 Å². The molecule has 0 radical (unpaired) electrons. The molecule has 1 unspecified atom stereocenters. The first-order chi connectivity index (χ1) is 20.8. The molecule has 2 fully saturated rings. The van der Waals surface area contributed by atoms with Gasteiger partial charge in [-0.15, -0.1) is 0 Å². The molecule has 2 amide bonds. The average molecular weight is 612 g/mol. The molecule has 2 aliphatic rings. The van der Waals surface area contributed by atoms with E-state index in [0.29, 0.717) is 0 Å². The number of aromatic nitrogens is 4. The first-order valence-electron chi connectivity index (χ1n) is 14.7. The van der Waals surface area contributed by atoms with Crippen LogP contribution in [0.1, 0.15) is 62.5 Å². The van der Waals surface area contributed by atoms with Gasteiger partial charge in [-0.1, -0.05) is 13.8 Å². The van der Waals surface area contributed by atoms with Crippen LogP contribution in [0.4, 0.5) is 5.95 Å². The lowest BCUT2D eigenvalue weighted by Crippen LogP contribution is -2.47. The minimum absolute atomic E-state index is 0.0207. The summed E-state index contributed by atoms with van der Waals surface area (Å²) in [5.41, 5.74) is -2.03. The van der Waals surface area contributed by atoms with Gasteiger partial charge in [-0.25, -0.2) is 9.65 Å². The first-order valence-corrected chi connectivity index (χ1v) is 14.7. The van der Waals surface area contributed by atoms with Gasteiger partial charge in [-0.2, -0.15) is 10.2 Å². The van der Waals surface area contributed by atoms with Crippen molar-refractivity contribution in [1.29, 1.82) is 6.69 Å². The standard InChI is InChI=1S/C25H37N8O6P.CH4O/c1-13(2)20(34)29-24-28-19-16(21(35)30-24)27-12-32(19)22-17-18(25(7,38-22)23(36)31(17)8)39-40(37-11-9-10-26)33(14(3)4)15(5)6;1-2/h12-15,17-18,22H,9,11H2,1-8H3,(H2,28,29,30,34,35);2H,1H3/t17-,18+,22-,25-,40?;/m1./s1/i7D;2T. The summed E-state index contributed by atoms with van der Waals surface area (Å²) in [6.07, 6.45) is -0.252. The van der Waals surface area contributed by atoms with E-state index in [4.69, 9.17) is 21.8 Å². The summed E-state index contributed by atoms with van der Waals surface area (Å²) < 4.78 is 36.7. The maximum absolute atomic E-state index is 13.4. The van der Waals surface area contributed by atoms with Crippen LogP contribution < -0.4 is 10.9 Å². The summed E-state index contributed by atoms with van der Waals surface area (Å²) in [5, 5.41) is 15.2. The van der Waals surface area contributed by atoms with E-state index in [1.165, 1.54) is 22.9 Å². The lowest BCUT2D eigenvalue weighted by atomic mass is 10.0. The number of imidazole rings is 1. The quantitative estimate of drug-likeness (QED) is 0.249. The van der Waals surface area contributed by atoms with Crippen molar-refractivity contribution in [3.63, 3.8) is 0 Å². The fraction of sp³-hybridized carbons (Fsp3) is 0.692. The summed E-state index contributed by atoms with van der Waals surface area (Å²) in [4.78, 5) is 51.2. The van der Waals surface area contributed by atoms with Crippen LogP contribution in [0.25, 0.3) is 11.2 Å². The zero-order chi connectivity index (χ0) is 32.9. The number of ether oxygens (including phenoxy) is 1. The Hall–Kier alpha value is -2.99. The third kappa shape index (κ3) is 6.20. The molecular weight excluding hydrogens is 567 g/mol. The molecule has 2 aromatic rings. The molecule has 0 saturated carbocycles. The van der Waals surface area contributed by atoms with Gasteiger partial charge in [0.2, 0.25) is 13.3 Å². The number of carbonyl (C=O) groups excluding carboxylic acids is 2. The fourth-order valence-electron chi connectivity index (χ4n) is 4.97. The number of nitrogens with one attached hydrogen (secondary N) is 2. The highest BCUT2D eigenvalue weighted by molar-refractivity contribution is 7.44. The van der Waals surface area contributed by atoms with Gasteiger partial charge in [0, 0.05) is 33.5 Å². The number of aromatic amines is 1. The Balaban J connectivity index is 0.00000169. The van der Waals surface area contributed by atoms with Gasteiger partial charge in [-0.05, 0) is 34.6 Å². The maximum Gasteiger partial charge on any atom is 0.280 e. The Morgan fingerprint density at radius 1 is 1.40 bits per heavy atom. The zero-order valence-corrected chi connectivity index (χ0v) is 26.0. The number of rotatable bonds is 11. The molecular formula is C26H41N8O7P. The number of nitrogens with zero attached hydrogens (tertiary/aromatic N) is 6. The monoisotopic (exact) mass is 611 g/mol. The van der Waals surface area contributed by atoms with Gasteiger partial charge < -0.3 is 23.8 Å². The maximum atomic E-state index is 13.4. The molecule has 2 saturated heterocycles. The van der Waals surface area contributed by atoms with E-state index in [2.05, 4.69) is 31.4 Å². The van der Waals surface area contributed by atoms with Gasteiger partial charge in [-0.3, -0.25) is 29.3 Å². The highest BCUT2D eigenvalue weighted by Gasteiger charge is 2.68. The minimum Gasteiger partial charge on any atom is -0.400 e. The number of likely N-dealkylation sites (tertiary alicyclic amines) is 1. The number of aliphatic hydroxyl groups is 1. The molecule has 0 aliphatic carbocycles. The number of nitriles is 1. The van der Waals surface area contributed by atoms with Crippen molar-refractivity contribution in [1.82, 2.24) is 29.1 Å². The second-order valence-electron chi connectivity index (χ2n) is 10.8. The molecule has 4 rings (SSSR count). The Morgan fingerprint density at radius 2 is 2.07 bits per heavy atom. The van der Waals surface area contributed by atoms with E-state index in [1.54, 1.807) is 20.9 Å². The molecule has 2 aliphatic heterocycles. The number of amides is 2. The Morgan fingerprint density at radius 3 is 2.64 bits per heavy atom. The van der Waals surface area contributed by atoms with Crippen molar-refractivity contribution in [3.8, 4) is 6.07 Å². The fourth-order valence-corrected chi connectivity index (χ4v) is 6.76. The van der Waals surface area contributed by atoms with Crippen molar-refractivity contribution in [2.45, 2.75) is 90.9 Å². The normalized spacial score (nSPS) is 24.7. The van der Waals surface area contributed by atoms with Crippen molar-refractivity contribution < 1.29 is 29.9 Å². The van der Waals surface area contributed by atoms with Gasteiger partial charge in [0.1, 0.15) is 12.1 Å². The van der Waals surface area contributed by atoms with E-state index >= 15 is 0 Å². The number of carbonyl (C=O) groups is 2. The predicted molar refractivity (Wildman–Crippen MR) is 155 cm³/mol. The molecule has 3 N–H and O–H groups in total. The van der Waals surface area contributed by atoms with Crippen LogP contribution in [0.3, 0.4) is 0 Å². The average Bonchev–Trinajstić information content (AvgIpc) is 3.57. The molecule has 232 valence electrons. The van der Waals surface area contributed by atoms with Gasteiger partial charge in [0.15, 0.2) is 23.0 Å². The van der Waals surface area contributed by atoms with Crippen LogP contribution in [0, 0.1) is 17.2 Å². The Kier molecular flexibility index (Phi) is 9.82. The summed E-state index contributed by atoms with van der Waals surface area (Å²) in [7, 11) is 1.15. The van der Waals surface area contributed by atoms with E-state index in [0.717, 1.165) is 0 Å². The molecule has 4 heterocycles. The third-order valence-electron chi connectivity index (χ3n) is 6.86. The molecule has 15 nitrogen and oxygen atoms in total. The van der Waals surface area contributed by atoms with E-state index in [9.17, 15) is 14.4 Å². The highest BCUT2D eigenvalue weighted by Crippen LogP contribution is 2.56. The van der Waals surface area contributed by atoms with Gasteiger partial charge in [0.05, 0.1) is 25.4 Å².